The van der Waals surface area contributed by atoms with Gasteiger partial charge in [-0.25, -0.2) is 9.97 Å². The highest BCUT2D eigenvalue weighted by molar-refractivity contribution is 6.05. The molecule has 0 amide bonds. The lowest BCUT2D eigenvalue weighted by molar-refractivity contribution is 1.49. The van der Waals surface area contributed by atoms with E-state index in [2.05, 4.69) is 47.4 Å². The van der Waals surface area contributed by atoms with E-state index in [-0.39, 0.29) is 0 Å². The van der Waals surface area contributed by atoms with Gasteiger partial charge in [0.2, 0.25) is 0 Å². The van der Waals surface area contributed by atoms with Gasteiger partial charge in [-0.15, -0.1) is 0 Å². The average molecular weight is 450 g/mol. The number of aromatic nitrogens is 2. The van der Waals surface area contributed by atoms with Crippen molar-refractivity contribution in [3.05, 3.63) is 127 Å². The molecule has 0 aliphatic carbocycles. The van der Waals surface area contributed by atoms with Crippen molar-refractivity contribution in [2.45, 2.75) is 0 Å². The zero-order valence-corrected chi connectivity index (χ0v) is 19.1. The minimum Gasteiger partial charge on any atom is -0.398 e. The predicted octanol–water partition coefficient (Wildman–Crippen LogP) is 8.03. The summed E-state index contributed by atoms with van der Waals surface area (Å²) in [5, 5.41) is 4.63. The molecule has 0 aliphatic heterocycles. The van der Waals surface area contributed by atoms with Crippen molar-refractivity contribution in [1.82, 2.24) is 9.97 Å². The number of pyridine rings is 2. The molecule has 0 aliphatic rings. The van der Waals surface area contributed by atoms with Gasteiger partial charge in [0.25, 0.3) is 0 Å². The SMILES string of the molecule is Nc1ccc2nc3ccccc3cc2c1-c1ccccc1.c1ccc2nc3ccccc3cc2c1. The van der Waals surface area contributed by atoms with Crippen LogP contribution in [-0.4, -0.2) is 9.97 Å². The molecule has 0 bridgehead atoms. The maximum atomic E-state index is 6.23. The molecule has 2 N–H and O–H groups in total. The number of nitrogen functional groups attached to an aromatic ring is 1. The number of rotatable bonds is 1. The van der Waals surface area contributed by atoms with Gasteiger partial charge in [-0.1, -0.05) is 84.9 Å². The summed E-state index contributed by atoms with van der Waals surface area (Å²) in [5.74, 6) is 0. The number of fused-ring (bicyclic) bond motifs is 4. The molecule has 166 valence electrons. The van der Waals surface area contributed by atoms with E-state index in [1.165, 1.54) is 10.8 Å². The molecule has 2 heterocycles. The highest BCUT2D eigenvalue weighted by Crippen LogP contribution is 2.34. The lowest BCUT2D eigenvalue weighted by atomic mass is 9.97. The van der Waals surface area contributed by atoms with E-state index in [1.54, 1.807) is 0 Å². The molecule has 35 heavy (non-hydrogen) atoms. The highest BCUT2D eigenvalue weighted by Gasteiger charge is 2.09. The molecule has 7 rings (SSSR count). The van der Waals surface area contributed by atoms with Crippen LogP contribution in [0.5, 0.6) is 0 Å². The number of para-hydroxylation sites is 3. The molecule has 0 spiro atoms. The molecule has 0 radical (unpaired) electrons. The number of benzene rings is 5. The molecule has 7 aromatic rings. The van der Waals surface area contributed by atoms with Crippen LogP contribution in [0.4, 0.5) is 5.69 Å². The first-order valence-corrected chi connectivity index (χ1v) is 11.6. The van der Waals surface area contributed by atoms with Gasteiger partial charge in [0, 0.05) is 32.8 Å². The summed E-state index contributed by atoms with van der Waals surface area (Å²) in [6.45, 7) is 0. The van der Waals surface area contributed by atoms with Crippen molar-refractivity contribution in [2.24, 2.45) is 0 Å². The Morgan fingerprint density at radius 1 is 0.429 bits per heavy atom. The van der Waals surface area contributed by atoms with E-state index >= 15 is 0 Å². The summed E-state index contributed by atoms with van der Waals surface area (Å²) in [7, 11) is 0. The first-order valence-electron chi connectivity index (χ1n) is 11.6. The van der Waals surface area contributed by atoms with Crippen molar-refractivity contribution < 1.29 is 0 Å². The minimum atomic E-state index is 0.783. The van der Waals surface area contributed by atoms with Crippen LogP contribution in [0.15, 0.2) is 127 Å². The molecular formula is C32H23N3. The summed E-state index contributed by atoms with van der Waals surface area (Å²) in [6.07, 6.45) is 0. The number of hydrogen-bond acceptors (Lipinski definition) is 3. The summed E-state index contributed by atoms with van der Waals surface area (Å²) < 4.78 is 0. The van der Waals surface area contributed by atoms with Crippen LogP contribution >= 0.6 is 0 Å². The molecular weight excluding hydrogens is 426 g/mol. The van der Waals surface area contributed by atoms with Crippen molar-refractivity contribution in [3.63, 3.8) is 0 Å². The molecule has 3 nitrogen and oxygen atoms in total. The fourth-order valence-electron chi connectivity index (χ4n) is 4.51. The Morgan fingerprint density at radius 3 is 1.51 bits per heavy atom. The molecule has 2 aromatic heterocycles. The van der Waals surface area contributed by atoms with Crippen LogP contribution in [0, 0.1) is 0 Å². The third-order valence-corrected chi connectivity index (χ3v) is 6.22. The third kappa shape index (κ3) is 4.04. The second-order valence-electron chi connectivity index (χ2n) is 8.52. The molecule has 0 saturated carbocycles. The summed E-state index contributed by atoms with van der Waals surface area (Å²) in [4.78, 5) is 9.33. The Morgan fingerprint density at radius 2 is 0.914 bits per heavy atom. The van der Waals surface area contributed by atoms with Crippen LogP contribution < -0.4 is 5.73 Å². The lowest BCUT2D eigenvalue weighted by Crippen LogP contribution is -1.93. The van der Waals surface area contributed by atoms with Crippen LogP contribution in [-0.2, 0) is 0 Å². The number of nitrogens with two attached hydrogens (primary N) is 1. The predicted molar refractivity (Wildman–Crippen MR) is 148 cm³/mol. The first-order chi connectivity index (χ1) is 17.3. The van der Waals surface area contributed by atoms with Gasteiger partial charge in [0.1, 0.15) is 0 Å². The average Bonchev–Trinajstić information content (AvgIpc) is 2.91. The molecule has 0 fully saturated rings. The van der Waals surface area contributed by atoms with Gasteiger partial charge in [-0.05, 0) is 48.0 Å². The minimum absolute atomic E-state index is 0.783. The van der Waals surface area contributed by atoms with Crippen LogP contribution in [0.1, 0.15) is 0 Å². The van der Waals surface area contributed by atoms with Crippen molar-refractivity contribution in [1.29, 1.82) is 0 Å². The quantitative estimate of drug-likeness (QED) is 0.204. The molecule has 0 atom stereocenters. The van der Waals surface area contributed by atoms with Gasteiger partial charge in [-0.2, -0.15) is 0 Å². The fourth-order valence-corrected chi connectivity index (χ4v) is 4.51. The standard InChI is InChI=1S/C19H14N2.C13H9N/c20-16-10-11-18-15(19(16)13-6-2-1-3-7-13)12-14-8-4-5-9-17(14)21-18;1-3-7-12-10(5-1)9-11-6-2-4-8-13(11)14-12/h1-12H,20H2;1-9H. The number of nitrogens with zero attached hydrogens (tertiary/aromatic N) is 2. The largest absolute Gasteiger partial charge is 0.398 e. The Labute approximate surface area is 203 Å². The second kappa shape index (κ2) is 8.88. The van der Waals surface area contributed by atoms with Crippen molar-refractivity contribution >= 4 is 49.3 Å². The Bertz CT molecular complexity index is 1700. The fraction of sp³-hybridized carbons (Fsp3) is 0. The Balaban J connectivity index is 0.000000141. The van der Waals surface area contributed by atoms with Gasteiger partial charge in [-0.3, -0.25) is 0 Å². The van der Waals surface area contributed by atoms with Crippen molar-refractivity contribution in [2.75, 3.05) is 5.73 Å². The highest BCUT2D eigenvalue weighted by atomic mass is 14.7. The molecule has 3 heteroatoms. The summed E-state index contributed by atoms with van der Waals surface area (Å²) >= 11 is 0. The zero-order chi connectivity index (χ0) is 23.6. The first kappa shape index (κ1) is 20.8. The van der Waals surface area contributed by atoms with E-state index in [1.807, 2.05) is 84.9 Å². The molecule has 5 aromatic carbocycles. The number of anilines is 1. The Hall–Kier alpha value is -4.76. The smallest absolute Gasteiger partial charge is 0.0717 e. The van der Waals surface area contributed by atoms with E-state index < -0.39 is 0 Å². The molecule has 0 unspecified atom stereocenters. The van der Waals surface area contributed by atoms with Crippen molar-refractivity contribution in [3.8, 4) is 11.1 Å². The monoisotopic (exact) mass is 449 g/mol. The summed E-state index contributed by atoms with van der Waals surface area (Å²) in [5.41, 5.74) is 13.3. The van der Waals surface area contributed by atoms with E-state index in [0.717, 1.165) is 49.7 Å². The van der Waals surface area contributed by atoms with Gasteiger partial charge >= 0.3 is 0 Å². The molecule has 0 saturated heterocycles. The van der Waals surface area contributed by atoms with Crippen LogP contribution in [0.3, 0.4) is 0 Å². The maximum Gasteiger partial charge on any atom is 0.0717 e. The van der Waals surface area contributed by atoms with Gasteiger partial charge in [0.15, 0.2) is 0 Å². The van der Waals surface area contributed by atoms with E-state index in [0.29, 0.717) is 0 Å². The lowest BCUT2D eigenvalue weighted by Gasteiger charge is -2.11. The van der Waals surface area contributed by atoms with Gasteiger partial charge in [0.05, 0.1) is 22.1 Å². The van der Waals surface area contributed by atoms with Gasteiger partial charge < -0.3 is 5.73 Å². The topological polar surface area (TPSA) is 51.8 Å². The second-order valence-corrected chi connectivity index (χ2v) is 8.52. The van der Waals surface area contributed by atoms with E-state index in [9.17, 15) is 0 Å². The summed E-state index contributed by atoms with van der Waals surface area (Å²) in [6, 6.07) is 43.1. The van der Waals surface area contributed by atoms with Crippen LogP contribution in [0.25, 0.3) is 54.7 Å². The zero-order valence-electron chi connectivity index (χ0n) is 19.1. The third-order valence-electron chi connectivity index (χ3n) is 6.22. The maximum absolute atomic E-state index is 6.23. The van der Waals surface area contributed by atoms with E-state index in [4.69, 9.17) is 10.7 Å². The Kier molecular flexibility index (Phi) is 5.28. The number of hydrogen-bond donors (Lipinski definition) is 1. The van der Waals surface area contributed by atoms with Crippen LogP contribution in [0.2, 0.25) is 0 Å². The normalized spacial score (nSPS) is 11.0.